The molecule has 0 aromatic heterocycles. The zero-order valence-corrected chi connectivity index (χ0v) is 24.1. The fraction of sp³-hybridized carbons (Fsp3) is 0.324. The molecular weight excluding hydrogens is 533 g/mol. The molecule has 1 fully saturated rings. The lowest BCUT2D eigenvalue weighted by Gasteiger charge is -2.35. The molecule has 2 heterocycles. The Morgan fingerprint density at radius 2 is 1.57 bits per heavy atom. The number of rotatable bonds is 8. The monoisotopic (exact) mass is 569 g/mol. The molecule has 0 radical (unpaired) electrons. The molecule has 0 spiro atoms. The van der Waals surface area contributed by atoms with Gasteiger partial charge < -0.3 is 14.5 Å². The molecule has 7 nitrogen and oxygen atoms in total. The molecule has 0 aliphatic carbocycles. The SMILES string of the molecule is CCOC(=O)C1=C(C)N(Cc2cccc(C(=O)N3CCN(Cc4ccccc4)CC3)c2)C(=O)CC1c1ccc(F)cc1. The van der Waals surface area contributed by atoms with Crippen molar-refractivity contribution < 1.29 is 23.5 Å². The van der Waals surface area contributed by atoms with Gasteiger partial charge >= 0.3 is 5.97 Å². The minimum absolute atomic E-state index is 0.0305. The molecule has 0 saturated carbocycles. The first-order chi connectivity index (χ1) is 20.3. The first-order valence-corrected chi connectivity index (χ1v) is 14.4. The molecule has 1 unspecified atom stereocenters. The van der Waals surface area contributed by atoms with Crippen molar-refractivity contribution in [1.29, 1.82) is 0 Å². The second-order valence-corrected chi connectivity index (χ2v) is 10.8. The van der Waals surface area contributed by atoms with Crippen molar-refractivity contribution in [2.45, 2.75) is 39.3 Å². The highest BCUT2D eigenvalue weighted by Gasteiger charge is 2.37. The van der Waals surface area contributed by atoms with Crippen LogP contribution in [-0.4, -0.2) is 65.3 Å². The Hall–Kier alpha value is -4.30. The summed E-state index contributed by atoms with van der Waals surface area (Å²) >= 11 is 0. The van der Waals surface area contributed by atoms with Crippen molar-refractivity contribution in [2.75, 3.05) is 32.8 Å². The third-order valence-electron chi connectivity index (χ3n) is 8.01. The summed E-state index contributed by atoms with van der Waals surface area (Å²) in [4.78, 5) is 45.7. The number of allylic oxidation sites excluding steroid dienone is 1. The summed E-state index contributed by atoms with van der Waals surface area (Å²) < 4.78 is 18.9. The smallest absolute Gasteiger partial charge is 0.336 e. The van der Waals surface area contributed by atoms with Crippen LogP contribution in [0.15, 0.2) is 90.1 Å². The number of ether oxygens (including phenoxy) is 1. The van der Waals surface area contributed by atoms with Crippen molar-refractivity contribution in [1.82, 2.24) is 14.7 Å². The molecular formula is C34H36FN3O4. The number of carbonyl (C=O) groups is 3. The Balaban J connectivity index is 1.30. The number of carbonyl (C=O) groups excluding carboxylic acids is 3. The van der Waals surface area contributed by atoms with E-state index in [-0.39, 0.29) is 37.2 Å². The fourth-order valence-corrected chi connectivity index (χ4v) is 5.78. The van der Waals surface area contributed by atoms with Gasteiger partial charge in [0.15, 0.2) is 0 Å². The van der Waals surface area contributed by atoms with Crippen LogP contribution in [-0.2, 0) is 27.4 Å². The maximum Gasteiger partial charge on any atom is 0.336 e. The standard InChI is InChI=1S/C34H36FN3O4/c1-3-42-34(41)32-24(2)38(31(39)21-30(32)27-12-14-29(35)15-13-27)23-26-10-7-11-28(20-26)33(40)37-18-16-36(17-19-37)22-25-8-5-4-6-9-25/h4-15,20,30H,3,16-19,21-23H2,1-2H3. The molecule has 0 bridgehead atoms. The second-order valence-electron chi connectivity index (χ2n) is 10.8. The van der Waals surface area contributed by atoms with Crippen LogP contribution in [0.5, 0.6) is 0 Å². The van der Waals surface area contributed by atoms with Gasteiger partial charge in [0.25, 0.3) is 5.91 Å². The van der Waals surface area contributed by atoms with Crippen LogP contribution in [0.2, 0.25) is 0 Å². The summed E-state index contributed by atoms with van der Waals surface area (Å²) in [6.07, 6.45) is 0.0585. The van der Waals surface area contributed by atoms with Crippen molar-refractivity contribution in [3.8, 4) is 0 Å². The molecule has 1 atom stereocenters. The van der Waals surface area contributed by atoms with Gasteiger partial charge in [-0.05, 0) is 54.8 Å². The zero-order valence-electron chi connectivity index (χ0n) is 24.1. The quantitative estimate of drug-likeness (QED) is 0.352. The molecule has 2 amide bonds. The summed E-state index contributed by atoms with van der Waals surface area (Å²) in [6, 6.07) is 23.5. The summed E-state index contributed by atoms with van der Waals surface area (Å²) in [5, 5.41) is 0. The minimum Gasteiger partial charge on any atom is -0.463 e. The molecule has 3 aromatic carbocycles. The zero-order chi connectivity index (χ0) is 29.6. The predicted molar refractivity (Wildman–Crippen MR) is 158 cm³/mol. The Kier molecular flexibility index (Phi) is 9.12. The lowest BCUT2D eigenvalue weighted by molar-refractivity contribution is -0.140. The van der Waals surface area contributed by atoms with Crippen LogP contribution in [0.4, 0.5) is 4.39 Å². The van der Waals surface area contributed by atoms with Crippen LogP contribution in [0.25, 0.3) is 0 Å². The predicted octanol–water partition coefficient (Wildman–Crippen LogP) is 5.14. The number of esters is 1. The largest absolute Gasteiger partial charge is 0.463 e. The third kappa shape index (κ3) is 6.60. The summed E-state index contributed by atoms with van der Waals surface area (Å²) in [7, 11) is 0. The number of amides is 2. The van der Waals surface area contributed by atoms with Gasteiger partial charge in [-0.3, -0.25) is 14.5 Å². The first-order valence-electron chi connectivity index (χ1n) is 14.4. The summed E-state index contributed by atoms with van der Waals surface area (Å²) in [5.41, 5.74) is 4.21. The average Bonchev–Trinajstić information content (AvgIpc) is 3.00. The molecule has 8 heteroatoms. The van der Waals surface area contributed by atoms with Gasteiger partial charge in [-0.15, -0.1) is 0 Å². The van der Waals surface area contributed by atoms with Crippen molar-refractivity contribution in [3.63, 3.8) is 0 Å². The van der Waals surface area contributed by atoms with E-state index in [1.807, 2.05) is 41.3 Å². The van der Waals surface area contributed by atoms with Crippen LogP contribution in [0.3, 0.4) is 0 Å². The Labute approximate surface area is 246 Å². The number of hydrogen-bond acceptors (Lipinski definition) is 5. The highest BCUT2D eigenvalue weighted by atomic mass is 19.1. The lowest BCUT2D eigenvalue weighted by Crippen LogP contribution is -2.48. The molecule has 2 aliphatic heterocycles. The summed E-state index contributed by atoms with van der Waals surface area (Å²) in [6.45, 7) is 7.66. The molecule has 1 saturated heterocycles. The van der Waals surface area contributed by atoms with E-state index in [0.29, 0.717) is 35.5 Å². The van der Waals surface area contributed by atoms with Gasteiger partial charge in [-0.2, -0.15) is 0 Å². The van der Waals surface area contributed by atoms with Gasteiger partial charge in [-0.25, -0.2) is 9.18 Å². The molecule has 218 valence electrons. The number of piperazine rings is 1. The number of benzene rings is 3. The van der Waals surface area contributed by atoms with E-state index >= 15 is 0 Å². The van der Waals surface area contributed by atoms with Gasteiger partial charge in [0.05, 0.1) is 18.7 Å². The van der Waals surface area contributed by atoms with Crippen LogP contribution >= 0.6 is 0 Å². The molecule has 5 rings (SSSR count). The van der Waals surface area contributed by atoms with Gasteiger partial charge in [-0.1, -0.05) is 54.6 Å². The van der Waals surface area contributed by atoms with Crippen molar-refractivity contribution in [2.24, 2.45) is 0 Å². The van der Waals surface area contributed by atoms with E-state index in [1.165, 1.54) is 17.7 Å². The van der Waals surface area contributed by atoms with Crippen LogP contribution < -0.4 is 0 Å². The van der Waals surface area contributed by atoms with Crippen molar-refractivity contribution >= 4 is 17.8 Å². The maximum absolute atomic E-state index is 13.6. The Morgan fingerprint density at radius 3 is 2.26 bits per heavy atom. The molecule has 3 aromatic rings. The number of nitrogens with zero attached hydrogens (tertiary/aromatic N) is 3. The van der Waals surface area contributed by atoms with E-state index in [1.54, 1.807) is 36.9 Å². The van der Waals surface area contributed by atoms with Crippen molar-refractivity contribution in [3.05, 3.63) is 118 Å². The normalized spacial score (nSPS) is 17.9. The highest BCUT2D eigenvalue weighted by molar-refractivity contribution is 5.96. The maximum atomic E-state index is 13.6. The number of hydrogen-bond donors (Lipinski definition) is 0. The van der Waals surface area contributed by atoms with Crippen LogP contribution in [0, 0.1) is 5.82 Å². The minimum atomic E-state index is -0.526. The van der Waals surface area contributed by atoms with Crippen LogP contribution in [0.1, 0.15) is 53.2 Å². The fourth-order valence-electron chi connectivity index (χ4n) is 5.78. The molecule has 42 heavy (non-hydrogen) atoms. The van der Waals surface area contributed by atoms with E-state index in [4.69, 9.17) is 4.74 Å². The topological polar surface area (TPSA) is 70.2 Å². The highest BCUT2D eigenvalue weighted by Crippen LogP contribution is 2.38. The third-order valence-corrected chi connectivity index (χ3v) is 8.01. The van der Waals surface area contributed by atoms with E-state index < -0.39 is 11.9 Å². The summed E-state index contributed by atoms with van der Waals surface area (Å²) in [5.74, 6) is -1.58. The van der Waals surface area contributed by atoms with Gasteiger partial charge in [0.1, 0.15) is 5.82 Å². The van der Waals surface area contributed by atoms with E-state index in [9.17, 15) is 18.8 Å². The van der Waals surface area contributed by atoms with Gasteiger partial charge in [0, 0.05) is 56.3 Å². The van der Waals surface area contributed by atoms with Gasteiger partial charge in [0.2, 0.25) is 5.91 Å². The molecule has 0 N–H and O–H groups in total. The van der Waals surface area contributed by atoms with E-state index in [2.05, 4.69) is 17.0 Å². The molecule has 2 aliphatic rings. The second kappa shape index (κ2) is 13.1. The Bertz CT molecular complexity index is 1460. The number of halogens is 1. The Morgan fingerprint density at radius 1 is 0.881 bits per heavy atom. The first kappa shape index (κ1) is 29.2. The lowest BCUT2D eigenvalue weighted by atomic mass is 9.83. The van der Waals surface area contributed by atoms with E-state index in [0.717, 1.165) is 25.2 Å². The average molecular weight is 570 g/mol.